The number of carbonyl (C=O) groups excluding carboxylic acids is 2. The Morgan fingerprint density at radius 1 is 1.25 bits per heavy atom. The number of ether oxygens (including phenoxy) is 1. The van der Waals surface area contributed by atoms with Gasteiger partial charge in [-0.25, -0.2) is 0 Å². The fourth-order valence-corrected chi connectivity index (χ4v) is 10.1. The highest BCUT2D eigenvalue weighted by Gasteiger charge is 2.66. The molecule has 2 saturated heterocycles. The lowest BCUT2D eigenvalue weighted by atomic mass is 9.82. The van der Waals surface area contributed by atoms with Gasteiger partial charge >= 0.3 is 0 Å². The monoisotopic (exact) mass is 680 g/mol. The molecule has 7 nitrogen and oxygen atoms in total. The number of likely N-dealkylation sites (tertiary alicyclic amines) is 1. The van der Waals surface area contributed by atoms with E-state index >= 15 is 0 Å². The van der Waals surface area contributed by atoms with E-state index in [9.17, 15) is 19.5 Å². The number of amides is 2. The number of benzene rings is 1. The number of anilines is 1. The molecule has 0 saturated carbocycles. The van der Waals surface area contributed by atoms with Crippen molar-refractivity contribution >= 4 is 48.4 Å². The summed E-state index contributed by atoms with van der Waals surface area (Å²) in [5.41, 5.74) is 2.66. The zero-order valence-electron chi connectivity index (χ0n) is 24.7. The maximum atomic E-state index is 14.4. The van der Waals surface area contributed by atoms with E-state index < -0.39 is 20.0 Å². The fourth-order valence-electron chi connectivity index (χ4n) is 7.01. The Kier molecular flexibility index (Phi) is 9.71. The lowest BCUT2D eigenvalue weighted by Crippen LogP contribution is -2.46. The van der Waals surface area contributed by atoms with Crippen molar-refractivity contribution in [2.24, 2.45) is 5.92 Å². The van der Waals surface area contributed by atoms with Crippen LogP contribution in [-0.4, -0.2) is 66.8 Å². The molecular formula is C31H45IN2O5Si. The molecule has 1 spiro atoms. The molecule has 0 unspecified atom stereocenters. The standard InChI is InChI=1S/C31H45IN2O5Si/c1-20(2)9-7-10-21(3)14-16-34-26-13-12-23(32)17-25(26)31(30(34)37)22(4)29(40(5,6)38)27(39-31)18-28(36)33-15-8-11-24(33)19-35/h9,12-14,17,22,24,27,29,35,38H,7-8,10-11,15-16,18-19H2,1-6H3/b21-14+/t22-,24+,27+,29-,31+/m1/s1. The predicted molar refractivity (Wildman–Crippen MR) is 170 cm³/mol. The molecule has 1 aromatic carbocycles. The number of carbonyl (C=O) groups is 2. The van der Waals surface area contributed by atoms with Crippen molar-refractivity contribution in [3.05, 3.63) is 50.6 Å². The summed E-state index contributed by atoms with van der Waals surface area (Å²) in [5, 5.41) is 9.78. The van der Waals surface area contributed by atoms with E-state index in [4.69, 9.17) is 4.74 Å². The number of aliphatic hydroxyl groups is 1. The van der Waals surface area contributed by atoms with E-state index in [1.54, 1.807) is 4.90 Å². The van der Waals surface area contributed by atoms with Gasteiger partial charge in [0.05, 0.1) is 30.9 Å². The van der Waals surface area contributed by atoms with E-state index in [0.29, 0.717) is 13.1 Å². The smallest absolute Gasteiger partial charge is 0.264 e. The summed E-state index contributed by atoms with van der Waals surface area (Å²) in [4.78, 5) is 43.0. The maximum absolute atomic E-state index is 14.4. The normalized spacial score (nSPS) is 28.5. The molecule has 4 rings (SSSR count). The SMILES string of the molecule is CC(C)=CCC/C(C)=C/CN1C(=O)[C@@]2(O[C@@H](CC(=O)N3CCC[C@H]3CO)[C@H]([Si](C)(C)O)[C@H]2C)c2cc(I)ccc21. The average Bonchev–Trinajstić information content (AvgIpc) is 3.52. The van der Waals surface area contributed by atoms with Gasteiger partial charge in [0, 0.05) is 33.7 Å². The average molecular weight is 681 g/mol. The molecule has 220 valence electrons. The van der Waals surface area contributed by atoms with Crippen LogP contribution in [0.4, 0.5) is 5.69 Å². The van der Waals surface area contributed by atoms with Gasteiger partial charge in [0.25, 0.3) is 5.91 Å². The number of rotatable bonds is 9. The summed E-state index contributed by atoms with van der Waals surface area (Å²) in [7, 11) is -2.86. The minimum absolute atomic E-state index is 0.0538. The fraction of sp³-hybridized carbons (Fsp3) is 0.613. The topological polar surface area (TPSA) is 90.3 Å². The van der Waals surface area contributed by atoms with E-state index in [-0.39, 0.29) is 42.3 Å². The molecule has 2 fully saturated rings. The second kappa shape index (κ2) is 12.4. The molecule has 0 aliphatic carbocycles. The molecule has 0 aromatic heterocycles. The molecule has 3 aliphatic heterocycles. The summed E-state index contributed by atoms with van der Waals surface area (Å²) in [6.45, 7) is 13.1. The lowest BCUT2D eigenvalue weighted by Gasteiger charge is -2.32. The minimum atomic E-state index is -2.86. The Morgan fingerprint density at radius 2 is 1.98 bits per heavy atom. The highest BCUT2D eigenvalue weighted by Crippen LogP contribution is 2.59. The minimum Gasteiger partial charge on any atom is -0.432 e. The van der Waals surface area contributed by atoms with Crippen LogP contribution in [0.2, 0.25) is 18.6 Å². The third-order valence-electron chi connectivity index (χ3n) is 8.94. The summed E-state index contributed by atoms with van der Waals surface area (Å²) >= 11 is 2.27. The van der Waals surface area contributed by atoms with Crippen molar-refractivity contribution in [2.75, 3.05) is 24.6 Å². The Morgan fingerprint density at radius 3 is 2.62 bits per heavy atom. The van der Waals surface area contributed by atoms with Crippen LogP contribution in [0.15, 0.2) is 41.5 Å². The van der Waals surface area contributed by atoms with Crippen molar-refractivity contribution in [3.63, 3.8) is 0 Å². The quantitative estimate of drug-likeness (QED) is 0.204. The molecule has 1 aromatic rings. The van der Waals surface area contributed by atoms with Gasteiger partial charge in [-0.3, -0.25) is 9.59 Å². The number of fused-ring (bicyclic) bond motifs is 2. The Hall–Kier alpha value is -1.53. The van der Waals surface area contributed by atoms with Crippen LogP contribution in [0.5, 0.6) is 0 Å². The van der Waals surface area contributed by atoms with Crippen molar-refractivity contribution in [1.29, 1.82) is 0 Å². The summed E-state index contributed by atoms with van der Waals surface area (Å²) in [6.07, 6.45) is 7.44. The number of nitrogens with zero attached hydrogens (tertiary/aromatic N) is 2. The molecule has 5 atom stereocenters. The zero-order chi connectivity index (χ0) is 29.4. The van der Waals surface area contributed by atoms with Crippen LogP contribution in [-0.2, 0) is 19.9 Å². The second-order valence-corrected chi connectivity index (χ2v) is 17.8. The van der Waals surface area contributed by atoms with Crippen LogP contribution in [0, 0.1) is 9.49 Å². The van der Waals surface area contributed by atoms with Gasteiger partial charge in [-0.2, -0.15) is 0 Å². The summed E-state index contributed by atoms with van der Waals surface area (Å²) in [6, 6.07) is 5.87. The van der Waals surface area contributed by atoms with E-state index in [1.165, 1.54) is 11.1 Å². The maximum Gasteiger partial charge on any atom is 0.264 e. The largest absolute Gasteiger partial charge is 0.432 e. The molecule has 2 N–H and O–H groups in total. The second-order valence-electron chi connectivity index (χ2n) is 12.6. The molecule has 2 amide bonds. The number of aliphatic hydroxyl groups excluding tert-OH is 1. The van der Waals surface area contributed by atoms with Crippen LogP contribution < -0.4 is 4.90 Å². The third kappa shape index (κ3) is 6.00. The van der Waals surface area contributed by atoms with Gasteiger partial charge in [-0.05, 0) is 100 Å². The number of halogens is 1. The van der Waals surface area contributed by atoms with Crippen LogP contribution in [0.25, 0.3) is 0 Å². The first kappa shape index (κ1) is 31.4. The van der Waals surface area contributed by atoms with Crippen LogP contribution >= 0.6 is 22.6 Å². The van der Waals surface area contributed by atoms with Gasteiger partial charge in [0.2, 0.25) is 5.91 Å². The number of hydrogen-bond acceptors (Lipinski definition) is 5. The Balaban J connectivity index is 1.67. The lowest BCUT2D eigenvalue weighted by molar-refractivity contribution is -0.150. The molecule has 40 heavy (non-hydrogen) atoms. The third-order valence-corrected chi connectivity index (χ3v) is 12.1. The van der Waals surface area contributed by atoms with Crippen molar-refractivity contribution in [3.8, 4) is 0 Å². The van der Waals surface area contributed by atoms with E-state index in [2.05, 4.69) is 55.5 Å². The van der Waals surface area contributed by atoms with Gasteiger partial charge < -0.3 is 24.4 Å². The zero-order valence-corrected chi connectivity index (χ0v) is 27.9. The molecule has 3 aliphatic rings. The first-order chi connectivity index (χ1) is 18.8. The van der Waals surface area contributed by atoms with Crippen LogP contribution in [0.3, 0.4) is 0 Å². The molecular weight excluding hydrogens is 635 g/mol. The Labute approximate surface area is 253 Å². The first-order valence-corrected chi connectivity index (χ1v) is 18.6. The number of allylic oxidation sites excluding steroid dienone is 3. The highest BCUT2D eigenvalue weighted by molar-refractivity contribution is 14.1. The molecule has 0 bridgehead atoms. The van der Waals surface area contributed by atoms with Crippen molar-refractivity contribution in [1.82, 2.24) is 4.90 Å². The molecule has 3 heterocycles. The van der Waals surface area contributed by atoms with Crippen molar-refractivity contribution in [2.45, 2.75) is 96.2 Å². The van der Waals surface area contributed by atoms with Gasteiger partial charge in [0.15, 0.2) is 13.9 Å². The molecule has 9 heteroatoms. The predicted octanol–water partition coefficient (Wildman–Crippen LogP) is 5.50. The first-order valence-electron chi connectivity index (χ1n) is 14.5. The summed E-state index contributed by atoms with van der Waals surface area (Å²) in [5.74, 6) is -0.492. The van der Waals surface area contributed by atoms with Crippen LogP contribution in [0.1, 0.15) is 65.4 Å². The van der Waals surface area contributed by atoms with E-state index in [0.717, 1.165) is 40.5 Å². The Bertz CT molecular complexity index is 1190. The van der Waals surface area contributed by atoms with Crippen molar-refractivity contribution < 1.29 is 24.2 Å². The van der Waals surface area contributed by atoms with Gasteiger partial charge in [-0.15, -0.1) is 0 Å². The summed E-state index contributed by atoms with van der Waals surface area (Å²) < 4.78 is 7.83. The van der Waals surface area contributed by atoms with Gasteiger partial charge in [0.1, 0.15) is 0 Å². The highest BCUT2D eigenvalue weighted by atomic mass is 127. The van der Waals surface area contributed by atoms with Gasteiger partial charge in [-0.1, -0.05) is 30.2 Å². The number of hydrogen-bond donors (Lipinski definition) is 2. The van der Waals surface area contributed by atoms with E-state index in [1.807, 2.05) is 43.1 Å². The molecule has 0 radical (unpaired) electrons.